The van der Waals surface area contributed by atoms with Crippen LogP contribution in [0.15, 0.2) is 22.9 Å². The molecule has 5 nitrogen and oxygen atoms in total. The van der Waals surface area contributed by atoms with Crippen molar-refractivity contribution in [3.8, 4) is 0 Å². The highest BCUT2D eigenvalue weighted by molar-refractivity contribution is 7.16. The van der Waals surface area contributed by atoms with Crippen LogP contribution in [0.4, 0.5) is 11.8 Å². The van der Waals surface area contributed by atoms with E-state index >= 15 is 0 Å². The first-order chi connectivity index (χ1) is 9.28. The SMILES string of the molecule is Cc1ccsc1CNc1nc(NN)nc2sccc12. The van der Waals surface area contributed by atoms with Gasteiger partial charge in [0.05, 0.1) is 11.9 Å². The van der Waals surface area contributed by atoms with Gasteiger partial charge in [-0.25, -0.2) is 10.8 Å². The molecule has 0 atom stereocenters. The van der Waals surface area contributed by atoms with E-state index in [1.807, 2.05) is 11.4 Å². The van der Waals surface area contributed by atoms with Crippen LogP contribution in [-0.4, -0.2) is 9.97 Å². The van der Waals surface area contributed by atoms with E-state index in [4.69, 9.17) is 5.84 Å². The van der Waals surface area contributed by atoms with Crippen molar-refractivity contribution in [3.05, 3.63) is 33.3 Å². The lowest BCUT2D eigenvalue weighted by Gasteiger charge is -2.08. The number of fused-ring (bicyclic) bond motifs is 1. The Hall–Kier alpha value is -1.70. The monoisotopic (exact) mass is 291 g/mol. The van der Waals surface area contributed by atoms with Crippen molar-refractivity contribution in [2.24, 2.45) is 5.84 Å². The highest BCUT2D eigenvalue weighted by Gasteiger charge is 2.09. The maximum absolute atomic E-state index is 5.40. The number of hydrogen-bond donors (Lipinski definition) is 3. The molecule has 3 aromatic heterocycles. The summed E-state index contributed by atoms with van der Waals surface area (Å²) >= 11 is 3.32. The molecule has 0 aromatic carbocycles. The number of anilines is 2. The molecule has 0 aliphatic rings. The Balaban J connectivity index is 1.91. The van der Waals surface area contributed by atoms with E-state index in [0.717, 1.165) is 22.6 Å². The summed E-state index contributed by atoms with van der Waals surface area (Å²) in [6.45, 7) is 2.87. The van der Waals surface area contributed by atoms with E-state index in [9.17, 15) is 0 Å². The molecule has 0 fully saturated rings. The first-order valence-corrected chi connectivity index (χ1v) is 7.52. The smallest absolute Gasteiger partial charge is 0.240 e. The second kappa shape index (κ2) is 5.12. The van der Waals surface area contributed by atoms with Crippen molar-refractivity contribution in [3.63, 3.8) is 0 Å². The molecule has 98 valence electrons. The van der Waals surface area contributed by atoms with Crippen LogP contribution >= 0.6 is 22.7 Å². The zero-order valence-corrected chi connectivity index (χ0v) is 11.9. The van der Waals surface area contributed by atoms with Crippen molar-refractivity contribution in [1.29, 1.82) is 0 Å². The molecule has 0 saturated carbocycles. The van der Waals surface area contributed by atoms with Crippen LogP contribution in [0.1, 0.15) is 10.4 Å². The van der Waals surface area contributed by atoms with Gasteiger partial charge < -0.3 is 5.32 Å². The van der Waals surface area contributed by atoms with E-state index in [0.29, 0.717) is 5.95 Å². The zero-order chi connectivity index (χ0) is 13.2. The van der Waals surface area contributed by atoms with E-state index in [1.54, 1.807) is 22.7 Å². The number of rotatable bonds is 4. The van der Waals surface area contributed by atoms with E-state index in [2.05, 4.69) is 39.1 Å². The van der Waals surface area contributed by atoms with Crippen molar-refractivity contribution in [1.82, 2.24) is 9.97 Å². The number of nitrogens with one attached hydrogen (secondary N) is 2. The van der Waals surface area contributed by atoms with Crippen LogP contribution in [0, 0.1) is 6.92 Å². The van der Waals surface area contributed by atoms with E-state index in [-0.39, 0.29) is 0 Å². The largest absolute Gasteiger partial charge is 0.364 e. The third kappa shape index (κ3) is 2.40. The minimum absolute atomic E-state index is 0.431. The van der Waals surface area contributed by atoms with Crippen LogP contribution < -0.4 is 16.6 Å². The second-order valence-corrected chi connectivity index (χ2v) is 5.96. The Morgan fingerprint density at radius 2 is 2.05 bits per heavy atom. The fourth-order valence-corrected chi connectivity index (χ4v) is 3.41. The number of aryl methyl sites for hydroxylation is 1. The lowest BCUT2D eigenvalue weighted by Crippen LogP contribution is -2.12. The molecule has 0 aliphatic heterocycles. The molecule has 3 aromatic rings. The Bertz CT molecular complexity index is 703. The molecule has 19 heavy (non-hydrogen) atoms. The predicted molar refractivity (Wildman–Crippen MR) is 81.6 cm³/mol. The number of nitrogens with two attached hydrogens (primary N) is 1. The lowest BCUT2D eigenvalue weighted by molar-refractivity contribution is 1.10. The summed E-state index contributed by atoms with van der Waals surface area (Å²) in [7, 11) is 0. The molecule has 4 N–H and O–H groups in total. The number of nitrogen functional groups attached to an aromatic ring is 1. The van der Waals surface area contributed by atoms with Crippen LogP contribution in [-0.2, 0) is 6.54 Å². The third-order valence-corrected chi connectivity index (χ3v) is 4.67. The average molecular weight is 291 g/mol. The topological polar surface area (TPSA) is 75.9 Å². The van der Waals surface area contributed by atoms with Crippen LogP contribution in [0.25, 0.3) is 10.2 Å². The molecule has 7 heteroatoms. The minimum atomic E-state index is 0.431. The van der Waals surface area contributed by atoms with Crippen molar-refractivity contribution < 1.29 is 0 Å². The molecule has 3 rings (SSSR count). The summed E-state index contributed by atoms with van der Waals surface area (Å²) in [5, 5.41) is 8.49. The van der Waals surface area contributed by atoms with Gasteiger partial charge in [0.2, 0.25) is 5.95 Å². The molecule has 0 spiro atoms. The van der Waals surface area contributed by atoms with Crippen molar-refractivity contribution >= 4 is 44.7 Å². The molecule has 0 amide bonds. The summed E-state index contributed by atoms with van der Waals surface area (Å²) in [5.74, 6) is 6.64. The van der Waals surface area contributed by atoms with Crippen molar-refractivity contribution in [2.45, 2.75) is 13.5 Å². The van der Waals surface area contributed by atoms with Gasteiger partial charge in [-0.3, -0.25) is 5.43 Å². The van der Waals surface area contributed by atoms with Gasteiger partial charge in [-0.15, -0.1) is 22.7 Å². The van der Waals surface area contributed by atoms with Gasteiger partial charge in [0.15, 0.2) is 0 Å². The van der Waals surface area contributed by atoms with Gasteiger partial charge in [-0.1, -0.05) is 0 Å². The summed E-state index contributed by atoms with van der Waals surface area (Å²) in [4.78, 5) is 10.9. The molecule has 0 bridgehead atoms. The van der Waals surface area contributed by atoms with Crippen molar-refractivity contribution in [2.75, 3.05) is 10.7 Å². The van der Waals surface area contributed by atoms with Gasteiger partial charge in [0, 0.05) is 4.88 Å². The highest BCUT2D eigenvalue weighted by atomic mass is 32.1. The van der Waals surface area contributed by atoms with Gasteiger partial charge in [0.25, 0.3) is 0 Å². The summed E-state index contributed by atoms with van der Waals surface area (Å²) < 4.78 is 0. The second-order valence-electron chi connectivity index (χ2n) is 4.06. The van der Waals surface area contributed by atoms with Gasteiger partial charge >= 0.3 is 0 Å². The standard InChI is InChI=1S/C12H13N5S2/c1-7-2-4-18-9(7)6-14-10-8-3-5-19-11(8)16-12(15-10)17-13/h2-5H,6,13H2,1H3,(H2,14,15,16,17). The first-order valence-electron chi connectivity index (χ1n) is 5.76. The van der Waals surface area contributed by atoms with Gasteiger partial charge in [-0.2, -0.15) is 4.98 Å². The normalized spacial score (nSPS) is 10.8. The summed E-state index contributed by atoms with van der Waals surface area (Å²) in [6, 6.07) is 4.14. The number of thiophene rings is 2. The first kappa shape index (κ1) is 12.3. The minimum Gasteiger partial charge on any atom is -0.364 e. The van der Waals surface area contributed by atoms with E-state index < -0.39 is 0 Å². The maximum atomic E-state index is 5.40. The van der Waals surface area contributed by atoms with Crippen LogP contribution in [0.5, 0.6) is 0 Å². The van der Waals surface area contributed by atoms with Gasteiger partial charge in [-0.05, 0) is 35.4 Å². The maximum Gasteiger partial charge on any atom is 0.240 e. The molecule has 0 unspecified atom stereocenters. The summed E-state index contributed by atoms with van der Waals surface area (Å²) in [6.07, 6.45) is 0. The third-order valence-electron chi connectivity index (χ3n) is 2.84. The van der Waals surface area contributed by atoms with Crippen LogP contribution in [0.2, 0.25) is 0 Å². The summed E-state index contributed by atoms with van der Waals surface area (Å²) in [5.41, 5.74) is 3.80. The highest BCUT2D eigenvalue weighted by Crippen LogP contribution is 2.27. The van der Waals surface area contributed by atoms with Crippen LogP contribution in [0.3, 0.4) is 0 Å². The molecule has 0 radical (unpaired) electrons. The molecule has 0 aliphatic carbocycles. The number of hydrogen-bond acceptors (Lipinski definition) is 7. The number of aromatic nitrogens is 2. The lowest BCUT2D eigenvalue weighted by atomic mass is 10.3. The quantitative estimate of drug-likeness (QED) is 0.509. The zero-order valence-electron chi connectivity index (χ0n) is 10.3. The fourth-order valence-electron chi connectivity index (χ4n) is 1.80. The Labute approximate surface area is 118 Å². The number of hydrazine groups is 1. The molecule has 3 heterocycles. The Morgan fingerprint density at radius 1 is 1.21 bits per heavy atom. The van der Waals surface area contributed by atoms with E-state index in [1.165, 1.54) is 10.4 Å². The average Bonchev–Trinajstić information content (AvgIpc) is 3.04. The molecular weight excluding hydrogens is 278 g/mol. The Kier molecular flexibility index (Phi) is 3.33. The fraction of sp³-hybridized carbons (Fsp3) is 0.167. The Morgan fingerprint density at radius 3 is 2.79 bits per heavy atom. The number of nitrogens with zero attached hydrogens (tertiary/aromatic N) is 2. The predicted octanol–water partition coefficient (Wildman–Crippen LogP) is 2.96. The molecular formula is C12H13N5S2. The van der Waals surface area contributed by atoms with Gasteiger partial charge in [0.1, 0.15) is 10.6 Å². The molecule has 0 saturated heterocycles.